The van der Waals surface area contributed by atoms with Gasteiger partial charge in [0.25, 0.3) is 11.8 Å². The highest BCUT2D eigenvalue weighted by atomic mass is 16.5. The van der Waals surface area contributed by atoms with Gasteiger partial charge < -0.3 is 20.5 Å². The summed E-state index contributed by atoms with van der Waals surface area (Å²) in [5.74, 6) is -0.201. The van der Waals surface area contributed by atoms with Crippen molar-refractivity contribution < 1.29 is 19.4 Å². The monoisotopic (exact) mass is 415 g/mol. The Morgan fingerprint density at radius 1 is 1.33 bits per heavy atom. The van der Waals surface area contributed by atoms with Crippen molar-refractivity contribution in [3.63, 3.8) is 0 Å². The molecular weight excluding hydrogens is 386 g/mol. The second-order valence-corrected chi connectivity index (χ2v) is 7.37. The highest BCUT2D eigenvalue weighted by Gasteiger charge is 2.22. The van der Waals surface area contributed by atoms with E-state index in [0.29, 0.717) is 30.2 Å². The van der Waals surface area contributed by atoms with Gasteiger partial charge in [-0.05, 0) is 51.8 Å². The summed E-state index contributed by atoms with van der Waals surface area (Å²) < 4.78 is 7.30. The van der Waals surface area contributed by atoms with Crippen LogP contribution < -0.4 is 15.4 Å². The molecule has 1 aromatic heterocycles. The van der Waals surface area contributed by atoms with Crippen LogP contribution in [0.3, 0.4) is 0 Å². The molecule has 1 aromatic carbocycles. The highest BCUT2D eigenvalue weighted by Crippen LogP contribution is 2.25. The maximum absolute atomic E-state index is 12.4. The lowest BCUT2D eigenvalue weighted by molar-refractivity contribution is 0.0863. The number of aliphatic hydroxyl groups excluding tert-OH is 1. The van der Waals surface area contributed by atoms with Crippen LogP contribution in [0.1, 0.15) is 54.5 Å². The molecule has 0 aliphatic rings. The van der Waals surface area contributed by atoms with Gasteiger partial charge >= 0.3 is 0 Å². The van der Waals surface area contributed by atoms with Crippen LogP contribution in [0.5, 0.6) is 5.75 Å². The number of carbonyl (C=O) groups excluding carboxylic acids is 2. The van der Waals surface area contributed by atoms with E-state index in [9.17, 15) is 14.7 Å². The minimum atomic E-state index is -0.783. The fourth-order valence-corrected chi connectivity index (χ4v) is 2.53. The molecule has 0 spiro atoms. The average molecular weight is 415 g/mol. The number of hydrogen-bond acceptors (Lipinski definition) is 6. The molecule has 0 aliphatic heterocycles. The molecule has 9 nitrogen and oxygen atoms in total. The molecule has 0 fully saturated rings. The Bertz CT molecular complexity index is 891. The van der Waals surface area contributed by atoms with Crippen LogP contribution in [0, 0.1) is 0 Å². The van der Waals surface area contributed by atoms with Crippen molar-refractivity contribution in [1.29, 1.82) is 0 Å². The lowest BCUT2D eigenvalue weighted by Crippen LogP contribution is -2.46. The molecule has 2 aromatic rings. The van der Waals surface area contributed by atoms with E-state index in [-0.39, 0.29) is 18.2 Å². The summed E-state index contributed by atoms with van der Waals surface area (Å²) in [6, 6.07) is 5.00. The lowest BCUT2D eigenvalue weighted by Gasteiger charge is -2.22. The molecule has 0 unspecified atom stereocenters. The van der Waals surface area contributed by atoms with Gasteiger partial charge in [0.2, 0.25) is 0 Å². The molecule has 162 valence electrons. The number of hydrogen-bond donors (Lipinski definition) is 3. The minimum absolute atomic E-state index is 0.0990. The smallest absolute Gasteiger partial charge is 0.273 e. The van der Waals surface area contributed by atoms with Crippen LogP contribution in [-0.2, 0) is 0 Å². The van der Waals surface area contributed by atoms with Gasteiger partial charge in [0.15, 0.2) is 5.69 Å². The van der Waals surface area contributed by atoms with E-state index in [4.69, 9.17) is 4.74 Å². The van der Waals surface area contributed by atoms with Crippen molar-refractivity contribution in [2.75, 3.05) is 19.8 Å². The standard InChI is InChI=1S/C21H29N5O4/c1-5-7-8-11-30-18-12-15(19(28)22-6-2)9-10-17(18)26-13-16(24-25-26)20(29)23-21(3,4)14-27/h5,9-10,12-13,27H,1,6-8,11,14H2,2-4H3,(H,22,28)(H,23,29). The van der Waals surface area contributed by atoms with Crippen molar-refractivity contribution >= 4 is 11.8 Å². The third-order valence-corrected chi connectivity index (χ3v) is 4.19. The van der Waals surface area contributed by atoms with Crippen molar-refractivity contribution in [2.24, 2.45) is 0 Å². The van der Waals surface area contributed by atoms with Crippen LogP contribution in [0.4, 0.5) is 0 Å². The maximum atomic E-state index is 12.4. The number of nitrogens with zero attached hydrogens (tertiary/aromatic N) is 3. The Morgan fingerprint density at radius 3 is 2.77 bits per heavy atom. The van der Waals surface area contributed by atoms with E-state index in [1.165, 1.54) is 10.9 Å². The molecule has 2 amide bonds. The molecule has 0 radical (unpaired) electrons. The molecule has 30 heavy (non-hydrogen) atoms. The first-order chi connectivity index (χ1) is 14.3. The largest absolute Gasteiger partial charge is 0.491 e. The number of nitrogens with one attached hydrogen (secondary N) is 2. The van der Waals surface area contributed by atoms with Crippen molar-refractivity contribution in [3.05, 3.63) is 48.3 Å². The molecule has 0 atom stereocenters. The molecule has 0 aliphatic carbocycles. The molecule has 0 saturated heterocycles. The van der Waals surface area contributed by atoms with Crippen LogP contribution >= 0.6 is 0 Å². The zero-order chi connectivity index (χ0) is 22.1. The number of rotatable bonds is 11. The van der Waals surface area contributed by atoms with Gasteiger partial charge in [-0.15, -0.1) is 11.7 Å². The Morgan fingerprint density at radius 2 is 2.10 bits per heavy atom. The molecule has 0 bridgehead atoms. The molecule has 9 heteroatoms. The third kappa shape index (κ3) is 6.15. The summed E-state index contributed by atoms with van der Waals surface area (Å²) in [6.45, 7) is 9.68. The van der Waals surface area contributed by atoms with E-state index in [2.05, 4.69) is 27.5 Å². The number of unbranched alkanes of at least 4 members (excludes halogenated alkanes) is 1. The van der Waals surface area contributed by atoms with Crippen LogP contribution in [-0.4, -0.2) is 57.2 Å². The summed E-state index contributed by atoms with van der Waals surface area (Å²) >= 11 is 0. The zero-order valence-electron chi connectivity index (χ0n) is 17.6. The van der Waals surface area contributed by atoms with E-state index in [0.717, 1.165) is 12.8 Å². The fraction of sp³-hybridized carbons (Fsp3) is 0.429. The number of amides is 2. The van der Waals surface area contributed by atoms with Gasteiger partial charge in [-0.25, -0.2) is 4.68 Å². The number of ether oxygens (including phenoxy) is 1. The third-order valence-electron chi connectivity index (χ3n) is 4.19. The topological polar surface area (TPSA) is 118 Å². The van der Waals surface area contributed by atoms with Crippen molar-refractivity contribution in [2.45, 2.75) is 39.2 Å². The van der Waals surface area contributed by atoms with E-state index >= 15 is 0 Å². The quantitative estimate of drug-likeness (QED) is 0.381. The summed E-state index contributed by atoms with van der Waals surface area (Å²) in [4.78, 5) is 24.6. The lowest BCUT2D eigenvalue weighted by atomic mass is 10.1. The minimum Gasteiger partial charge on any atom is -0.491 e. The summed E-state index contributed by atoms with van der Waals surface area (Å²) in [6.07, 6.45) is 4.86. The maximum Gasteiger partial charge on any atom is 0.273 e. The Hall–Kier alpha value is -3.20. The average Bonchev–Trinajstić information content (AvgIpc) is 3.21. The first-order valence-corrected chi connectivity index (χ1v) is 9.83. The molecule has 3 N–H and O–H groups in total. The number of carbonyl (C=O) groups is 2. The Balaban J connectivity index is 2.30. The summed E-state index contributed by atoms with van der Waals surface area (Å²) in [5, 5.41) is 22.7. The van der Waals surface area contributed by atoms with Gasteiger partial charge in [0, 0.05) is 12.1 Å². The van der Waals surface area contributed by atoms with Gasteiger partial charge in [-0.1, -0.05) is 11.3 Å². The van der Waals surface area contributed by atoms with E-state index < -0.39 is 11.4 Å². The molecule has 1 heterocycles. The van der Waals surface area contributed by atoms with Gasteiger partial charge in [-0.2, -0.15) is 0 Å². The van der Waals surface area contributed by atoms with E-state index in [1.807, 2.05) is 13.0 Å². The Kier molecular flexibility index (Phi) is 8.11. The highest BCUT2D eigenvalue weighted by molar-refractivity contribution is 5.95. The predicted octanol–water partition coefficient (Wildman–Crippen LogP) is 1.86. The first kappa shape index (κ1) is 23.1. The SMILES string of the molecule is C=CCCCOc1cc(C(=O)NCC)ccc1-n1cc(C(=O)NC(C)(C)CO)nn1. The van der Waals surface area contributed by atoms with Crippen molar-refractivity contribution in [3.8, 4) is 11.4 Å². The molecular formula is C21H29N5O4. The first-order valence-electron chi connectivity index (χ1n) is 9.83. The van der Waals surface area contributed by atoms with E-state index in [1.54, 1.807) is 32.0 Å². The normalized spacial score (nSPS) is 11.1. The molecule has 0 saturated carbocycles. The van der Waals surface area contributed by atoms with Crippen LogP contribution in [0.25, 0.3) is 5.69 Å². The van der Waals surface area contributed by atoms with Gasteiger partial charge in [-0.3, -0.25) is 9.59 Å². The van der Waals surface area contributed by atoms with Gasteiger partial charge in [0.05, 0.1) is 24.9 Å². The second kappa shape index (κ2) is 10.5. The predicted molar refractivity (Wildman–Crippen MR) is 113 cm³/mol. The molecule has 2 rings (SSSR count). The fourth-order valence-electron chi connectivity index (χ4n) is 2.53. The number of aliphatic hydroxyl groups is 1. The number of benzene rings is 1. The summed E-state index contributed by atoms with van der Waals surface area (Å²) in [7, 11) is 0. The number of allylic oxidation sites excluding steroid dienone is 1. The van der Waals surface area contributed by atoms with Crippen LogP contribution in [0.15, 0.2) is 37.1 Å². The Labute approximate surface area is 176 Å². The number of aromatic nitrogens is 3. The zero-order valence-corrected chi connectivity index (χ0v) is 17.6. The second-order valence-electron chi connectivity index (χ2n) is 7.37. The van der Waals surface area contributed by atoms with Crippen molar-refractivity contribution in [1.82, 2.24) is 25.6 Å². The van der Waals surface area contributed by atoms with Gasteiger partial charge in [0.1, 0.15) is 11.4 Å². The van der Waals surface area contributed by atoms with Crippen LogP contribution in [0.2, 0.25) is 0 Å². The summed E-state index contributed by atoms with van der Waals surface area (Å²) in [5.41, 5.74) is 0.327.